The average Bonchev–Trinajstić information content (AvgIpc) is 3.21. The quantitative estimate of drug-likeness (QED) is 0.916. The van der Waals surface area contributed by atoms with Crippen LogP contribution in [-0.4, -0.2) is 46.8 Å². The largest absolute Gasteiger partial charge is 0.339 e. The molecular formula is C20H26N4O. The predicted octanol–water partition coefficient (Wildman–Crippen LogP) is 2.70. The fourth-order valence-electron chi connectivity index (χ4n) is 4.22. The third-order valence-corrected chi connectivity index (χ3v) is 5.81. The number of aromatic nitrogens is 2. The highest BCUT2D eigenvalue weighted by molar-refractivity contribution is 5.94. The Kier molecular flexibility index (Phi) is 4.12. The maximum atomic E-state index is 12.8. The molecule has 25 heavy (non-hydrogen) atoms. The molecule has 0 saturated carbocycles. The van der Waals surface area contributed by atoms with Crippen LogP contribution in [0.4, 0.5) is 0 Å². The van der Waals surface area contributed by atoms with E-state index in [4.69, 9.17) is 0 Å². The molecule has 1 aromatic carbocycles. The lowest BCUT2D eigenvalue weighted by Crippen LogP contribution is -2.44. The van der Waals surface area contributed by atoms with Crippen molar-refractivity contribution < 1.29 is 4.79 Å². The molecule has 2 saturated heterocycles. The van der Waals surface area contributed by atoms with Gasteiger partial charge in [-0.05, 0) is 75.4 Å². The summed E-state index contributed by atoms with van der Waals surface area (Å²) in [7, 11) is 0. The van der Waals surface area contributed by atoms with Gasteiger partial charge in [0.15, 0.2) is 0 Å². The van der Waals surface area contributed by atoms with Gasteiger partial charge in [0.2, 0.25) is 0 Å². The van der Waals surface area contributed by atoms with Crippen LogP contribution < -0.4 is 5.32 Å². The third-order valence-electron chi connectivity index (χ3n) is 5.81. The van der Waals surface area contributed by atoms with Crippen LogP contribution in [0.15, 0.2) is 30.3 Å². The van der Waals surface area contributed by atoms with Crippen molar-refractivity contribution in [2.75, 3.05) is 26.2 Å². The van der Waals surface area contributed by atoms with Crippen LogP contribution in [0.3, 0.4) is 0 Å². The summed E-state index contributed by atoms with van der Waals surface area (Å²) in [5.74, 6) is 0.153. The van der Waals surface area contributed by atoms with Gasteiger partial charge in [-0.3, -0.25) is 4.79 Å². The number of nitrogens with zero attached hydrogens (tertiary/aromatic N) is 3. The average molecular weight is 338 g/mol. The van der Waals surface area contributed by atoms with Gasteiger partial charge in [0.05, 0.1) is 11.4 Å². The molecule has 3 heterocycles. The maximum absolute atomic E-state index is 12.8. The van der Waals surface area contributed by atoms with Gasteiger partial charge in [0, 0.05) is 30.9 Å². The van der Waals surface area contributed by atoms with Gasteiger partial charge < -0.3 is 10.2 Å². The first-order valence-electron chi connectivity index (χ1n) is 9.20. The number of piperidine rings is 1. The van der Waals surface area contributed by atoms with E-state index in [1.54, 1.807) is 0 Å². The molecule has 1 aromatic heterocycles. The van der Waals surface area contributed by atoms with Gasteiger partial charge in [-0.15, -0.1) is 0 Å². The Morgan fingerprint density at radius 1 is 1.12 bits per heavy atom. The SMILES string of the molecule is Cc1cc(C)n(-c2ccc(C(=O)N3CCC4(CCNC4)CC3)cc2)n1. The number of nitrogens with one attached hydrogen (secondary N) is 1. The number of benzene rings is 1. The summed E-state index contributed by atoms with van der Waals surface area (Å²) in [6.07, 6.45) is 3.50. The first kappa shape index (κ1) is 16.3. The molecule has 0 unspecified atom stereocenters. The van der Waals surface area contributed by atoms with E-state index in [1.165, 1.54) is 6.42 Å². The van der Waals surface area contributed by atoms with E-state index in [9.17, 15) is 4.79 Å². The molecule has 2 aromatic rings. The van der Waals surface area contributed by atoms with Crippen molar-refractivity contribution in [1.29, 1.82) is 0 Å². The smallest absolute Gasteiger partial charge is 0.253 e. The van der Waals surface area contributed by atoms with Crippen molar-refractivity contribution >= 4 is 5.91 Å². The fourth-order valence-corrected chi connectivity index (χ4v) is 4.22. The van der Waals surface area contributed by atoms with Crippen LogP contribution in [0.25, 0.3) is 5.69 Å². The van der Waals surface area contributed by atoms with Gasteiger partial charge in [0.1, 0.15) is 0 Å². The monoisotopic (exact) mass is 338 g/mol. The van der Waals surface area contributed by atoms with E-state index in [-0.39, 0.29) is 5.91 Å². The summed E-state index contributed by atoms with van der Waals surface area (Å²) in [5.41, 5.74) is 4.31. The topological polar surface area (TPSA) is 50.2 Å². The second-order valence-corrected chi connectivity index (χ2v) is 7.60. The van der Waals surface area contributed by atoms with Gasteiger partial charge in [0.25, 0.3) is 5.91 Å². The number of carbonyl (C=O) groups is 1. The number of aryl methyl sites for hydroxylation is 2. The Balaban J connectivity index is 1.45. The Hall–Kier alpha value is -2.14. The van der Waals surface area contributed by atoms with E-state index >= 15 is 0 Å². The van der Waals surface area contributed by atoms with Crippen LogP contribution in [0.1, 0.15) is 41.0 Å². The van der Waals surface area contributed by atoms with Crippen LogP contribution in [0, 0.1) is 19.3 Å². The molecule has 5 heteroatoms. The normalized spacial score (nSPS) is 19.5. The summed E-state index contributed by atoms with van der Waals surface area (Å²) in [6.45, 7) is 8.03. The Bertz CT molecular complexity index is 761. The van der Waals surface area contributed by atoms with E-state index < -0.39 is 0 Å². The lowest BCUT2D eigenvalue weighted by atomic mass is 9.78. The molecule has 0 radical (unpaired) electrons. The highest BCUT2D eigenvalue weighted by Crippen LogP contribution is 2.37. The Labute approximate surface area is 149 Å². The van der Waals surface area contributed by atoms with Gasteiger partial charge in [-0.1, -0.05) is 0 Å². The molecule has 0 bridgehead atoms. The van der Waals surface area contributed by atoms with Crippen molar-refractivity contribution in [2.24, 2.45) is 5.41 Å². The predicted molar refractivity (Wildman–Crippen MR) is 98.1 cm³/mol. The number of likely N-dealkylation sites (tertiary alicyclic amines) is 1. The minimum atomic E-state index is 0.153. The lowest BCUT2D eigenvalue weighted by molar-refractivity contribution is 0.0607. The van der Waals surface area contributed by atoms with Gasteiger partial charge >= 0.3 is 0 Å². The van der Waals surface area contributed by atoms with E-state index in [0.29, 0.717) is 5.41 Å². The number of hydrogen-bond donors (Lipinski definition) is 1. The number of carbonyl (C=O) groups excluding carboxylic acids is 1. The summed E-state index contributed by atoms with van der Waals surface area (Å²) >= 11 is 0. The highest BCUT2D eigenvalue weighted by atomic mass is 16.2. The number of amides is 1. The van der Waals surface area contributed by atoms with Crippen molar-refractivity contribution in [2.45, 2.75) is 33.1 Å². The van der Waals surface area contributed by atoms with Gasteiger partial charge in [-0.25, -0.2) is 4.68 Å². The first-order chi connectivity index (χ1) is 12.1. The molecular weight excluding hydrogens is 312 g/mol. The van der Waals surface area contributed by atoms with Crippen LogP contribution >= 0.6 is 0 Å². The molecule has 132 valence electrons. The lowest BCUT2D eigenvalue weighted by Gasteiger charge is -2.38. The van der Waals surface area contributed by atoms with Crippen molar-refractivity contribution in [1.82, 2.24) is 20.0 Å². The van der Waals surface area contributed by atoms with Crippen LogP contribution in [-0.2, 0) is 0 Å². The Morgan fingerprint density at radius 2 is 1.84 bits per heavy atom. The van der Waals surface area contributed by atoms with Crippen molar-refractivity contribution in [3.05, 3.63) is 47.3 Å². The van der Waals surface area contributed by atoms with Crippen molar-refractivity contribution in [3.63, 3.8) is 0 Å². The molecule has 1 amide bonds. The fraction of sp³-hybridized carbons (Fsp3) is 0.500. The molecule has 1 spiro atoms. The minimum Gasteiger partial charge on any atom is -0.339 e. The molecule has 0 atom stereocenters. The zero-order chi connectivity index (χ0) is 17.4. The van der Waals surface area contributed by atoms with Crippen LogP contribution in [0.2, 0.25) is 0 Å². The summed E-state index contributed by atoms with van der Waals surface area (Å²) in [4.78, 5) is 14.8. The standard InChI is InChI=1S/C20H26N4O/c1-15-13-16(2)24(22-15)18-5-3-17(4-6-18)19(25)23-11-8-20(9-12-23)7-10-21-14-20/h3-6,13,21H,7-12,14H2,1-2H3. The molecule has 1 N–H and O–H groups in total. The first-order valence-corrected chi connectivity index (χ1v) is 9.20. The second kappa shape index (κ2) is 6.30. The number of rotatable bonds is 2. The zero-order valence-corrected chi connectivity index (χ0v) is 15.1. The minimum absolute atomic E-state index is 0.153. The van der Waals surface area contributed by atoms with E-state index in [2.05, 4.69) is 16.5 Å². The summed E-state index contributed by atoms with van der Waals surface area (Å²) < 4.78 is 1.92. The van der Waals surface area contributed by atoms with Crippen molar-refractivity contribution in [3.8, 4) is 5.69 Å². The zero-order valence-electron chi connectivity index (χ0n) is 15.1. The molecule has 0 aliphatic carbocycles. The Morgan fingerprint density at radius 3 is 2.40 bits per heavy atom. The number of hydrogen-bond acceptors (Lipinski definition) is 3. The van der Waals surface area contributed by atoms with Gasteiger partial charge in [-0.2, -0.15) is 5.10 Å². The molecule has 4 rings (SSSR count). The second-order valence-electron chi connectivity index (χ2n) is 7.60. The molecule has 2 aliphatic heterocycles. The summed E-state index contributed by atoms with van der Waals surface area (Å²) in [6, 6.07) is 9.88. The third kappa shape index (κ3) is 3.09. The molecule has 2 fully saturated rings. The molecule has 5 nitrogen and oxygen atoms in total. The highest BCUT2D eigenvalue weighted by Gasteiger charge is 2.38. The summed E-state index contributed by atoms with van der Waals surface area (Å²) in [5, 5.41) is 7.98. The maximum Gasteiger partial charge on any atom is 0.253 e. The van der Waals surface area contributed by atoms with Crippen LogP contribution in [0.5, 0.6) is 0 Å². The van der Waals surface area contributed by atoms with E-state index in [0.717, 1.165) is 61.7 Å². The van der Waals surface area contributed by atoms with E-state index in [1.807, 2.05) is 47.7 Å². The molecule has 2 aliphatic rings.